The minimum Gasteiger partial charge on any atom is -0.409 e. The molecule has 0 bridgehead atoms. The van der Waals surface area contributed by atoms with Gasteiger partial charge < -0.3 is 15.7 Å². The molecule has 0 spiro atoms. The number of nitrogens with two attached hydrogens (primary N) is 1. The van der Waals surface area contributed by atoms with Crippen molar-refractivity contribution in [2.24, 2.45) is 10.9 Å². The van der Waals surface area contributed by atoms with E-state index in [1.165, 1.54) is 0 Å². The summed E-state index contributed by atoms with van der Waals surface area (Å²) in [5.74, 6) is 0.0400. The highest BCUT2D eigenvalue weighted by atomic mass is 35.5. The number of hydrogen-bond donors (Lipinski definition) is 2. The van der Waals surface area contributed by atoms with Crippen LogP contribution in [0.2, 0.25) is 5.02 Å². The van der Waals surface area contributed by atoms with E-state index in [2.05, 4.69) is 5.16 Å². The molecule has 88 valence electrons. The van der Waals surface area contributed by atoms with Crippen molar-refractivity contribution in [3.8, 4) is 0 Å². The Hall–Kier alpha value is -1.26. The molecule has 0 heterocycles. The van der Waals surface area contributed by atoms with Crippen LogP contribution in [0.1, 0.15) is 25.0 Å². The first kappa shape index (κ1) is 12.8. The molecule has 0 aliphatic rings. The van der Waals surface area contributed by atoms with Crippen molar-refractivity contribution in [1.82, 2.24) is 0 Å². The van der Waals surface area contributed by atoms with E-state index in [4.69, 9.17) is 27.3 Å². The molecule has 0 saturated carbocycles. The highest BCUT2D eigenvalue weighted by Crippen LogP contribution is 2.19. The Bertz CT molecular complexity index is 392. The number of oxime groups is 1. The van der Waals surface area contributed by atoms with Crippen LogP contribution in [0.4, 0.5) is 0 Å². The first-order valence-corrected chi connectivity index (χ1v) is 5.30. The largest absolute Gasteiger partial charge is 0.409 e. The number of hydrogen-bond acceptors (Lipinski definition) is 3. The predicted octanol–water partition coefficient (Wildman–Crippen LogP) is 2.36. The molecule has 1 rings (SSSR count). The van der Waals surface area contributed by atoms with Gasteiger partial charge in [0.15, 0.2) is 5.84 Å². The Morgan fingerprint density at radius 2 is 2.25 bits per heavy atom. The van der Waals surface area contributed by atoms with Crippen LogP contribution in [0.25, 0.3) is 0 Å². The summed E-state index contributed by atoms with van der Waals surface area (Å²) in [5.41, 5.74) is 6.91. The molecule has 0 radical (unpaired) electrons. The van der Waals surface area contributed by atoms with Crippen LogP contribution >= 0.6 is 11.6 Å². The molecule has 0 atom stereocenters. The second kappa shape index (κ2) is 5.72. The van der Waals surface area contributed by atoms with Crippen LogP contribution < -0.4 is 5.73 Å². The van der Waals surface area contributed by atoms with E-state index in [0.717, 1.165) is 5.56 Å². The molecular formula is C11H15ClN2O2. The van der Waals surface area contributed by atoms with Gasteiger partial charge in [-0.3, -0.25) is 0 Å². The molecule has 5 heteroatoms. The van der Waals surface area contributed by atoms with Crippen LogP contribution in [0, 0.1) is 0 Å². The molecule has 1 aromatic rings. The zero-order chi connectivity index (χ0) is 12.1. The van der Waals surface area contributed by atoms with Gasteiger partial charge in [0.2, 0.25) is 0 Å². The monoisotopic (exact) mass is 242 g/mol. The van der Waals surface area contributed by atoms with E-state index in [1.807, 2.05) is 13.8 Å². The second-order valence-corrected chi connectivity index (χ2v) is 4.06. The highest BCUT2D eigenvalue weighted by Gasteiger charge is 2.05. The lowest BCUT2D eigenvalue weighted by atomic mass is 10.1. The Labute approximate surface area is 99.7 Å². The number of rotatable bonds is 4. The third-order valence-electron chi connectivity index (χ3n) is 2.03. The molecule has 0 aliphatic heterocycles. The normalized spacial score (nSPS) is 12.1. The van der Waals surface area contributed by atoms with Crippen molar-refractivity contribution >= 4 is 17.4 Å². The fourth-order valence-electron chi connectivity index (χ4n) is 1.14. The van der Waals surface area contributed by atoms with Crippen molar-refractivity contribution in [3.63, 3.8) is 0 Å². The zero-order valence-corrected chi connectivity index (χ0v) is 10.0. The third-order valence-corrected chi connectivity index (χ3v) is 2.38. The van der Waals surface area contributed by atoms with Crippen LogP contribution in [-0.4, -0.2) is 17.1 Å². The molecule has 4 nitrogen and oxygen atoms in total. The summed E-state index contributed by atoms with van der Waals surface area (Å²) in [6, 6.07) is 5.19. The predicted molar refractivity (Wildman–Crippen MR) is 63.9 cm³/mol. The van der Waals surface area contributed by atoms with Crippen molar-refractivity contribution in [2.75, 3.05) is 0 Å². The number of ether oxygens (including phenoxy) is 1. The molecule has 3 N–H and O–H groups in total. The van der Waals surface area contributed by atoms with Gasteiger partial charge in [-0.2, -0.15) is 0 Å². The van der Waals surface area contributed by atoms with Gasteiger partial charge in [0, 0.05) is 10.6 Å². The minimum absolute atomic E-state index is 0.0400. The maximum Gasteiger partial charge on any atom is 0.170 e. The summed E-state index contributed by atoms with van der Waals surface area (Å²) in [6.45, 7) is 4.37. The molecule has 16 heavy (non-hydrogen) atoms. The summed E-state index contributed by atoms with van der Waals surface area (Å²) in [7, 11) is 0. The average Bonchev–Trinajstić information content (AvgIpc) is 2.26. The lowest BCUT2D eigenvalue weighted by Gasteiger charge is -2.09. The number of nitrogens with zero attached hydrogens (tertiary/aromatic N) is 1. The van der Waals surface area contributed by atoms with Gasteiger partial charge in [0.25, 0.3) is 0 Å². The van der Waals surface area contributed by atoms with Gasteiger partial charge in [0.1, 0.15) is 0 Å². The van der Waals surface area contributed by atoms with Crippen molar-refractivity contribution in [2.45, 2.75) is 26.6 Å². The minimum atomic E-state index is 0.0400. The summed E-state index contributed by atoms with van der Waals surface area (Å²) in [6.07, 6.45) is 0.153. The third kappa shape index (κ3) is 3.40. The first-order valence-electron chi connectivity index (χ1n) is 4.92. The summed E-state index contributed by atoms with van der Waals surface area (Å²) < 4.78 is 5.44. The van der Waals surface area contributed by atoms with Crippen molar-refractivity contribution < 1.29 is 9.94 Å². The number of benzene rings is 1. The van der Waals surface area contributed by atoms with Crippen molar-refractivity contribution in [3.05, 3.63) is 34.3 Å². The van der Waals surface area contributed by atoms with Gasteiger partial charge in [-0.15, -0.1) is 0 Å². The highest BCUT2D eigenvalue weighted by molar-refractivity contribution is 6.31. The Balaban J connectivity index is 2.83. The number of halogens is 1. The van der Waals surface area contributed by atoms with E-state index in [-0.39, 0.29) is 11.9 Å². The molecular weight excluding hydrogens is 228 g/mol. The smallest absolute Gasteiger partial charge is 0.170 e. The van der Waals surface area contributed by atoms with Crippen LogP contribution in [0.5, 0.6) is 0 Å². The number of amidine groups is 1. The molecule has 0 aromatic heterocycles. The van der Waals surface area contributed by atoms with Crippen LogP contribution in [0.15, 0.2) is 23.4 Å². The second-order valence-electron chi connectivity index (χ2n) is 3.65. The topological polar surface area (TPSA) is 67.8 Å². The molecule has 1 aromatic carbocycles. The molecule has 0 aliphatic carbocycles. The van der Waals surface area contributed by atoms with Crippen LogP contribution in [0.3, 0.4) is 0 Å². The summed E-state index contributed by atoms with van der Waals surface area (Å²) in [5, 5.41) is 12.0. The van der Waals surface area contributed by atoms with Gasteiger partial charge in [-0.25, -0.2) is 0 Å². The van der Waals surface area contributed by atoms with E-state index >= 15 is 0 Å². The Morgan fingerprint density at radius 3 is 2.75 bits per heavy atom. The van der Waals surface area contributed by atoms with E-state index in [9.17, 15) is 0 Å². The first-order chi connectivity index (χ1) is 7.54. The molecule has 0 fully saturated rings. The SMILES string of the molecule is CC(C)OCc1ccc(/C(N)=N/O)cc1Cl. The van der Waals surface area contributed by atoms with Gasteiger partial charge in [-0.05, 0) is 25.5 Å². The summed E-state index contributed by atoms with van der Waals surface area (Å²) >= 11 is 6.04. The maximum absolute atomic E-state index is 8.52. The average molecular weight is 243 g/mol. The standard InChI is InChI=1S/C11H15ClN2O2/c1-7(2)16-6-9-4-3-8(5-10(9)12)11(13)14-15/h3-5,7,15H,6H2,1-2H3,(H2,13,14). The lowest BCUT2D eigenvalue weighted by molar-refractivity contribution is 0.0657. The van der Waals surface area contributed by atoms with Gasteiger partial charge in [0.05, 0.1) is 12.7 Å². The molecule has 0 saturated heterocycles. The Kier molecular flexibility index (Phi) is 4.58. The maximum atomic E-state index is 8.52. The Morgan fingerprint density at radius 1 is 1.56 bits per heavy atom. The molecule has 0 unspecified atom stereocenters. The fourth-order valence-corrected chi connectivity index (χ4v) is 1.37. The molecule has 0 amide bonds. The zero-order valence-electron chi connectivity index (χ0n) is 9.27. The van der Waals surface area contributed by atoms with Crippen LogP contribution in [-0.2, 0) is 11.3 Å². The quantitative estimate of drug-likeness (QED) is 0.369. The van der Waals surface area contributed by atoms with Gasteiger partial charge >= 0.3 is 0 Å². The van der Waals surface area contributed by atoms with E-state index in [1.54, 1.807) is 18.2 Å². The van der Waals surface area contributed by atoms with E-state index in [0.29, 0.717) is 17.2 Å². The van der Waals surface area contributed by atoms with E-state index < -0.39 is 0 Å². The van der Waals surface area contributed by atoms with Crippen molar-refractivity contribution in [1.29, 1.82) is 0 Å². The fraction of sp³-hybridized carbons (Fsp3) is 0.364. The van der Waals surface area contributed by atoms with Gasteiger partial charge in [-0.1, -0.05) is 28.9 Å². The summed E-state index contributed by atoms with van der Waals surface area (Å²) in [4.78, 5) is 0. The lowest BCUT2D eigenvalue weighted by Crippen LogP contribution is -2.13.